The van der Waals surface area contributed by atoms with Gasteiger partial charge in [-0.25, -0.2) is 0 Å². The van der Waals surface area contributed by atoms with Crippen molar-refractivity contribution in [3.8, 4) is 0 Å². The van der Waals surface area contributed by atoms with Crippen LogP contribution in [0, 0.1) is 6.92 Å². The zero-order chi connectivity index (χ0) is 11.4. The lowest BCUT2D eigenvalue weighted by atomic mass is 10.2. The number of aromatic nitrogens is 2. The normalized spacial score (nSPS) is 25.1. The Kier molecular flexibility index (Phi) is 4.23. The number of rotatable bonds is 5. The zero-order valence-electron chi connectivity index (χ0n) is 9.90. The lowest BCUT2D eigenvalue weighted by Gasteiger charge is -2.19. The minimum absolute atomic E-state index is 0.615. The summed E-state index contributed by atoms with van der Waals surface area (Å²) >= 11 is 2.06. The molecule has 0 spiro atoms. The predicted octanol–water partition coefficient (Wildman–Crippen LogP) is 2.14. The molecular weight excluding hydrogens is 222 g/mol. The monoisotopic (exact) mass is 241 g/mol. The molecule has 2 atom stereocenters. The van der Waals surface area contributed by atoms with Crippen molar-refractivity contribution in [2.75, 3.05) is 5.75 Å². The van der Waals surface area contributed by atoms with Crippen LogP contribution >= 0.6 is 11.8 Å². The van der Waals surface area contributed by atoms with Crippen LogP contribution in [0.25, 0.3) is 0 Å². The van der Waals surface area contributed by atoms with Crippen molar-refractivity contribution < 1.29 is 4.52 Å². The Morgan fingerprint density at radius 1 is 1.50 bits per heavy atom. The van der Waals surface area contributed by atoms with Gasteiger partial charge in [-0.2, -0.15) is 16.7 Å². The molecule has 1 aliphatic carbocycles. The second-order valence-corrected chi connectivity index (χ2v) is 5.66. The summed E-state index contributed by atoms with van der Waals surface area (Å²) in [5, 5.41) is 8.19. The summed E-state index contributed by atoms with van der Waals surface area (Å²) in [5.41, 5.74) is 0. The van der Waals surface area contributed by atoms with Gasteiger partial charge in [-0.3, -0.25) is 0 Å². The molecular formula is C11H19N3OS. The molecule has 1 N–H and O–H groups in total. The van der Waals surface area contributed by atoms with E-state index in [0.717, 1.165) is 17.6 Å². The van der Waals surface area contributed by atoms with Crippen LogP contribution in [-0.2, 0) is 6.54 Å². The molecule has 90 valence electrons. The largest absolute Gasteiger partial charge is 0.340 e. The maximum atomic E-state index is 4.95. The van der Waals surface area contributed by atoms with Gasteiger partial charge in [0.2, 0.25) is 5.89 Å². The van der Waals surface area contributed by atoms with Crippen molar-refractivity contribution in [3.05, 3.63) is 11.7 Å². The van der Waals surface area contributed by atoms with Crippen molar-refractivity contribution in [2.45, 2.75) is 50.9 Å². The van der Waals surface area contributed by atoms with Gasteiger partial charge in [-0.15, -0.1) is 0 Å². The summed E-state index contributed by atoms with van der Waals surface area (Å²) in [7, 11) is 0. The standard InChI is InChI=1S/C11H19N3OS/c1-3-16-10-6-4-5-9(10)12-7-11-13-8(2)15-14-11/h9-10,12H,3-7H2,1-2H3. The lowest BCUT2D eigenvalue weighted by molar-refractivity contribution is 0.383. The minimum Gasteiger partial charge on any atom is -0.340 e. The highest BCUT2D eigenvalue weighted by molar-refractivity contribution is 7.99. The molecule has 2 unspecified atom stereocenters. The van der Waals surface area contributed by atoms with Crippen molar-refractivity contribution >= 4 is 11.8 Å². The second kappa shape index (κ2) is 5.68. The number of hydrogen-bond donors (Lipinski definition) is 1. The molecule has 1 heterocycles. The van der Waals surface area contributed by atoms with Gasteiger partial charge in [-0.05, 0) is 18.6 Å². The maximum Gasteiger partial charge on any atom is 0.223 e. The Hall–Kier alpha value is -0.550. The molecule has 1 fully saturated rings. The smallest absolute Gasteiger partial charge is 0.223 e. The summed E-state index contributed by atoms with van der Waals surface area (Å²) in [5.74, 6) is 2.61. The van der Waals surface area contributed by atoms with Gasteiger partial charge in [0.1, 0.15) is 0 Å². The van der Waals surface area contributed by atoms with Crippen LogP contribution in [0.4, 0.5) is 0 Å². The predicted molar refractivity (Wildman–Crippen MR) is 65.4 cm³/mol. The van der Waals surface area contributed by atoms with Gasteiger partial charge >= 0.3 is 0 Å². The van der Waals surface area contributed by atoms with E-state index in [1.54, 1.807) is 0 Å². The highest BCUT2D eigenvalue weighted by Crippen LogP contribution is 2.29. The van der Waals surface area contributed by atoms with Crippen molar-refractivity contribution in [3.63, 3.8) is 0 Å². The Morgan fingerprint density at radius 2 is 2.38 bits per heavy atom. The quantitative estimate of drug-likeness (QED) is 0.856. The van der Waals surface area contributed by atoms with Crippen LogP contribution < -0.4 is 5.32 Å². The van der Waals surface area contributed by atoms with E-state index >= 15 is 0 Å². The molecule has 0 radical (unpaired) electrons. The highest BCUT2D eigenvalue weighted by Gasteiger charge is 2.26. The van der Waals surface area contributed by atoms with E-state index in [0.29, 0.717) is 11.9 Å². The van der Waals surface area contributed by atoms with E-state index in [-0.39, 0.29) is 0 Å². The summed E-state index contributed by atoms with van der Waals surface area (Å²) in [4.78, 5) is 4.20. The molecule has 5 heteroatoms. The maximum absolute atomic E-state index is 4.95. The molecule has 0 bridgehead atoms. The van der Waals surface area contributed by atoms with Crippen molar-refractivity contribution in [2.24, 2.45) is 0 Å². The zero-order valence-corrected chi connectivity index (χ0v) is 10.7. The van der Waals surface area contributed by atoms with Gasteiger partial charge in [0.15, 0.2) is 5.82 Å². The van der Waals surface area contributed by atoms with Crippen LogP contribution in [-0.4, -0.2) is 27.2 Å². The molecule has 0 amide bonds. The third-order valence-corrected chi connectivity index (χ3v) is 4.25. The molecule has 1 aliphatic rings. The van der Waals surface area contributed by atoms with E-state index in [1.165, 1.54) is 25.0 Å². The average molecular weight is 241 g/mol. The number of thioether (sulfide) groups is 1. The Labute approximate surface area is 101 Å². The second-order valence-electron chi connectivity index (χ2n) is 4.14. The van der Waals surface area contributed by atoms with Crippen LogP contribution in [0.15, 0.2) is 4.52 Å². The first-order valence-electron chi connectivity index (χ1n) is 5.93. The van der Waals surface area contributed by atoms with Crippen molar-refractivity contribution in [1.29, 1.82) is 0 Å². The highest BCUT2D eigenvalue weighted by atomic mass is 32.2. The molecule has 2 rings (SSSR count). The number of nitrogens with one attached hydrogen (secondary N) is 1. The van der Waals surface area contributed by atoms with Crippen LogP contribution in [0.2, 0.25) is 0 Å². The van der Waals surface area contributed by atoms with Crippen LogP contribution in [0.1, 0.15) is 37.9 Å². The molecule has 4 nitrogen and oxygen atoms in total. The first kappa shape index (κ1) is 11.9. The lowest BCUT2D eigenvalue weighted by Crippen LogP contribution is -2.34. The van der Waals surface area contributed by atoms with Crippen LogP contribution in [0.3, 0.4) is 0 Å². The topological polar surface area (TPSA) is 51.0 Å². The van der Waals surface area contributed by atoms with E-state index in [1.807, 2.05) is 6.92 Å². The summed E-state index contributed by atoms with van der Waals surface area (Å²) in [6, 6.07) is 0.615. The average Bonchev–Trinajstić information content (AvgIpc) is 2.85. The minimum atomic E-state index is 0.615. The Balaban J connectivity index is 1.80. The fourth-order valence-electron chi connectivity index (χ4n) is 2.21. The Bertz CT molecular complexity index is 329. The van der Waals surface area contributed by atoms with Gasteiger partial charge in [0.05, 0.1) is 6.54 Å². The van der Waals surface area contributed by atoms with E-state index < -0.39 is 0 Å². The fourth-order valence-corrected chi connectivity index (χ4v) is 3.43. The number of hydrogen-bond acceptors (Lipinski definition) is 5. The molecule has 0 aromatic carbocycles. The summed E-state index contributed by atoms with van der Waals surface area (Å²) in [6.45, 7) is 4.77. The van der Waals surface area contributed by atoms with Gasteiger partial charge in [0.25, 0.3) is 0 Å². The molecule has 1 saturated carbocycles. The van der Waals surface area contributed by atoms with E-state index in [2.05, 4.69) is 34.1 Å². The number of nitrogens with zero attached hydrogens (tertiary/aromatic N) is 2. The first-order valence-corrected chi connectivity index (χ1v) is 6.98. The third kappa shape index (κ3) is 2.98. The molecule has 0 aliphatic heterocycles. The fraction of sp³-hybridized carbons (Fsp3) is 0.818. The van der Waals surface area contributed by atoms with E-state index in [9.17, 15) is 0 Å². The molecule has 16 heavy (non-hydrogen) atoms. The molecule has 1 aromatic rings. The Morgan fingerprint density at radius 3 is 3.06 bits per heavy atom. The molecule has 1 aromatic heterocycles. The number of aryl methyl sites for hydroxylation is 1. The van der Waals surface area contributed by atoms with Gasteiger partial charge < -0.3 is 9.84 Å². The first-order chi connectivity index (χ1) is 7.79. The van der Waals surface area contributed by atoms with Crippen LogP contribution in [0.5, 0.6) is 0 Å². The van der Waals surface area contributed by atoms with Gasteiger partial charge in [-0.1, -0.05) is 18.5 Å². The van der Waals surface area contributed by atoms with Crippen molar-refractivity contribution in [1.82, 2.24) is 15.5 Å². The third-order valence-electron chi connectivity index (χ3n) is 2.93. The summed E-state index contributed by atoms with van der Waals surface area (Å²) < 4.78 is 4.95. The summed E-state index contributed by atoms with van der Waals surface area (Å²) in [6.07, 6.45) is 3.94. The molecule has 0 saturated heterocycles. The van der Waals surface area contributed by atoms with E-state index in [4.69, 9.17) is 4.52 Å². The van der Waals surface area contributed by atoms with Gasteiger partial charge in [0, 0.05) is 18.2 Å². The SMILES string of the molecule is CCSC1CCCC1NCc1noc(C)n1.